The molecule has 7 atom stereocenters. The van der Waals surface area contributed by atoms with Crippen molar-refractivity contribution in [1.82, 2.24) is 0 Å². The fourth-order valence-electron chi connectivity index (χ4n) is 8.27. The topological polar surface area (TPSA) is 60.4 Å². The molecular weight excluding hydrogens is 352 g/mol. The van der Waals surface area contributed by atoms with Gasteiger partial charge < -0.3 is 4.74 Å². The van der Waals surface area contributed by atoms with Crippen LogP contribution in [0.25, 0.3) is 0 Å². The molecule has 1 aliphatic heterocycles. The molecule has 4 aliphatic carbocycles. The van der Waals surface area contributed by atoms with Gasteiger partial charge in [0, 0.05) is 24.2 Å². The lowest BCUT2D eigenvalue weighted by molar-refractivity contribution is -0.172. The zero-order valence-electron chi connectivity index (χ0n) is 17.4. The van der Waals surface area contributed by atoms with E-state index in [-0.39, 0.29) is 39.9 Å². The molecule has 0 bridgehead atoms. The van der Waals surface area contributed by atoms with Crippen LogP contribution >= 0.6 is 0 Å². The number of esters is 1. The lowest BCUT2D eigenvalue weighted by atomic mass is 9.43. The van der Waals surface area contributed by atoms with Crippen molar-refractivity contribution in [2.75, 3.05) is 0 Å². The van der Waals surface area contributed by atoms with Gasteiger partial charge in [-0.05, 0) is 81.1 Å². The van der Waals surface area contributed by atoms with Crippen molar-refractivity contribution in [3.05, 3.63) is 11.6 Å². The summed E-state index contributed by atoms with van der Waals surface area (Å²) in [6.45, 7) is 6.43. The van der Waals surface area contributed by atoms with E-state index < -0.39 is 0 Å². The van der Waals surface area contributed by atoms with E-state index in [0.29, 0.717) is 30.6 Å². The summed E-state index contributed by atoms with van der Waals surface area (Å²) in [5.74, 6) is 1.70. The molecule has 4 heteroatoms. The van der Waals surface area contributed by atoms with E-state index in [2.05, 4.69) is 13.8 Å². The fraction of sp³-hybridized carbons (Fsp3) is 0.792. The molecule has 152 valence electrons. The van der Waals surface area contributed by atoms with E-state index in [1.165, 1.54) is 5.57 Å². The quantitative estimate of drug-likeness (QED) is 0.628. The number of ether oxygens (including phenoxy) is 1. The monoisotopic (exact) mass is 384 g/mol. The zero-order valence-corrected chi connectivity index (χ0v) is 17.4. The van der Waals surface area contributed by atoms with Gasteiger partial charge in [0.1, 0.15) is 11.4 Å². The normalized spacial score (nSPS) is 49.9. The third-order valence-electron chi connectivity index (χ3n) is 9.87. The Morgan fingerprint density at radius 3 is 2.46 bits per heavy atom. The third kappa shape index (κ3) is 2.21. The smallest absolute Gasteiger partial charge is 0.306 e. The van der Waals surface area contributed by atoms with E-state index >= 15 is 0 Å². The second-order valence-electron chi connectivity index (χ2n) is 10.7. The van der Waals surface area contributed by atoms with E-state index in [0.717, 1.165) is 44.9 Å². The molecule has 1 spiro atoms. The molecular formula is C24H32O4. The average Bonchev–Trinajstić information content (AvgIpc) is 3.16. The SMILES string of the molecule is CC(=O)[C@@H]1CC2=CC(=O)CC[C@]2(C)C2CC[C@@]3(C)C(CC[C@@]34CCC(=O)O4)C21. The maximum atomic E-state index is 12.8. The maximum absolute atomic E-state index is 12.8. The molecule has 5 rings (SSSR count). The molecule has 1 saturated heterocycles. The molecule has 0 aromatic rings. The molecule has 3 unspecified atom stereocenters. The summed E-state index contributed by atoms with van der Waals surface area (Å²) < 4.78 is 6.02. The standard InChI is InChI=1S/C24H32O4/c1-14(25)17-13-15-12-16(26)4-8-22(15,2)18-5-9-23(3)19(21(17)18)6-10-24(23)11-7-20(27)28-24/h12,17-19,21H,4-11,13H2,1-3H3/t17-,18?,19?,21?,22-,23-,24+/m0/s1. The van der Waals surface area contributed by atoms with E-state index in [4.69, 9.17) is 4.74 Å². The summed E-state index contributed by atoms with van der Waals surface area (Å²) in [6.07, 6.45) is 9.71. The Bertz CT molecular complexity index is 796. The number of hydrogen-bond acceptors (Lipinski definition) is 4. The Balaban J connectivity index is 1.57. The predicted molar refractivity (Wildman–Crippen MR) is 104 cm³/mol. The van der Waals surface area contributed by atoms with Gasteiger partial charge in [-0.15, -0.1) is 0 Å². The minimum absolute atomic E-state index is 0.00658. The van der Waals surface area contributed by atoms with E-state index in [1.54, 1.807) is 6.92 Å². The number of ketones is 2. The van der Waals surface area contributed by atoms with Gasteiger partial charge >= 0.3 is 5.97 Å². The Labute approximate surface area is 167 Å². The molecule has 0 N–H and O–H groups in total. The van der Waals surface area contributed by atoms with Crippen LogP contribution in [0.15, 0.2) is 11.6 Å². The lowest BCUT2D eigenvalue weighted by Crippen LogP contribution is -2.57. The summed E-state index contributed by atoms with van der Waals surface area (Å²) in [7, 11) is 0. The Kier molecular flexibility index (Phi) is 3.84. The first-order valence-electron chi connectivity index (χ1n) is 11.2. The van der Waals surface area contributed by atoms with Gasteiger partial charge in [-0.1, -0.05) is 19.4 Å². The summed E-state index contributed by atoms with van der Waals surface area (Å²) in [6, 6.07) is 0. The Hall–Kier alpha value is -1.45. The van der Waals surface area contributed by atoms with Crippen molar-refractivity contribution in [1.29, 1.82) is 0 Å². The van der Waals surface area contributed by atoms with Gasteiger partial charge in [-0.25, -0.2) is 0 Å². The number of allylic oxidation sites excluding steroid dienone is 1. The highest BCUT2D eigenvalue weighted by atomic mass is 16.6. The second-order valence-corrected chi connectivity index (χ2v) is 10.7. The van der Waals surface area contributed by atoms with Crippen LogP contribution in [-0.4, -0.2) is 23.1 Å². The van der Waals surface area contributed by atoms with Crippen molar-refractivity contribution in [3.8, 4) is 0 Å². The lowest BCUT2D eigenvalue weighted by Gasteiger charge is -2.60. The largest absolute Gasteiger partial charge is 0.458 e. The van der Waals surface area contributed by atoms with Gasteiger partial charge in [-0.2, -0.15) is 0 Å². The van der Waals surface area contributed by atoms with Crippen molar-refractivity contribution in [3.63, 3.8) is 0 Å². The van der Waals surface area contributed by atoms with E-state index in [1.807, 2.05) is 6.08 Å². The molecule has 4 fully saturated rings. The number of rotatable bonds is 1. The highest BCUT2D eigenvalue weighted by molar-refractivity contribution is 5.92. The first kappa shape index (κ1) is 18.6. The average molecular weight is 385 g/mol. The molecule has 0 aromatic carbocycles. The molecule has 28 heavy (non-hydrogen) atoms. The number of carbonyl (C=O) groups excluding carboxylic acids is 3. The maximum Gasteiger partial charge on any atom is 0.306 e. The van der Waals surface area contributed by atoms with Crippen molar-refractivity contribution in [2.45, 2.75) is 84.2 Å². The van der Waals surface area contributed by atoms with Crippen LogP contribution in [0.5, 0.6) is 0 Å². The van der Waals surface area contributed by atoms with Crippen LogP contribution < -0.4 is 0 Å². The van der Waals surface area contributed by atoms with Gasteiger partial charge in [-0.3, -0.25) is 14.4 Å². The second kappa shape index (κ2) is 5.79. The van der Waals surface area contributed by atoms with Crippen molar-refractivity contribution >= 4 is 17.5 Å². The van der Waals surface area contributed by atoms with Crippen LogP contribution in [0.4, 0.5) is 0 Å². The predicted octanol–water partition coefficient (Wildman–Crippen LogP) is 4.41. The van der Waals surface area contributed by atoms with Crippen molar-refractivity contribution in [2.24, 2.45) is 34.5 Å². The molecule has 0 aromatic heterocycles. The first-order valence-corrected chi connectivity index (χ1v) is 11.2. The van der Waals surface area contributed by atoms with Crippen LogP contribution in [0.3, 0.4) is 0 Å². The summed E-state index contributed by atoms with van der Waals surface area (Å²) in [4.78, 5) is 36.9. The summed E-state index contributed by atoms with van der Waals surface area (Å²) >= 11 is 0. The first-order chi connectivity index (χ1) is 13.2. The molecule has 3 saturated carbocycles. The van der Waals surface area contributed by atoms with Gasteiger partial charge in [0.05, 0.1) is 0 Å². The molecule has 0 radical (unpaired) electrons. The third-order valence-corrected chi connectivity index (χ3v) is 9.87. The number of hydrogen-bond donors (Lipinski definition) is 0. The number of carbonyl (C=O) groups is 3. The van der Waals surface area contributed by atoms with Crippen LogP contribution in [-0.2, 0) is 19.1 Å². The minimum atomic E-state index is -0.305. The Morgan fingerprint density at radius 2 is 1.79 bits per heavy atom. The fourth-order valence-corrected chi connectivity index (χ4v) is 8.27. The zero-order chi connectivity index (χ0) is 19.9. The highest BCUT2D eigenvalue weighted by Crippen LogP contribution is 2.70. The van der Waals surface area contributed by atoms with Gasteiger partial charge in [0.15, 0.2) is 5.78 Å². The Morgan fingerprint density at radius 1 is 1.04 bits per heavy atom. The molecule has 1 heterocycles. The number of fused-ring (bicyclic) bond motifs is 6. The van der Waals surface area contributed by atoms with Crippen molar-refractivity contribution < 1.29 is 19.1 Å². The number of Topliss-reactive ketones (excluding diaryl/α,β-unsaturated/α-hetero) is 1. The van der Waals surface area contributed by atoms with E-state index in [9.17, 15) is 14.4 Å². The van der Waals surface area contributed by atoms with Gasteiger partial charge in [0.25, 0.3) is 0 Å². The summed E-state index contributed by atoms with van der Waals surface area (Å²) in [5.41, 5.74) is 0.957. The molecule has 5 aliphatic rings. The summed E-state index contributed by atoms with van der Waals surface area (Å²) in [5, 5.41) is 0. The van der Waals surface area contributed by atoms with Crippen LogP contribution in [0.2, 0.25) is 0 Å². The van der Waals surface area contributed by atoms with Crippen LogP contribution in [0, 0.1) is 34.5 Å². The minimum Gasteiger partial charge on any atom is -0.458 e. The molecule has 0 amide bonds. The van der Waals surface area contributed by atoms with Crippen LogP contribution in [0.1, 0.15) is 78.6 Å². The van der Waals surface area contributed by atoms with Gasteiger partial charge in [0.2, 0.25) is 0 Å². The highest BCUT2D eigenvalue weighted by Gasteiger charge is 2.68. The molecule has 4 nitrogen and oxygen atoms in total.